The number of hydrogen-bond donors (Lipinski definition) is 0. The van der Waals surface area contributed by atoms with Gasteiger partial charge in [0.1, 0.15) is 0 Å². The van der Waals surface area contributed by atoms with E-state index >= 15 is 0 Å². The van der Waals surface area contributed by atoms with Crippen LogP contribution in [-0.2, 0) is 0 Å². The van der Waals surface area contributed by atoms with Crippen LogP contribution in [0.4, 0.5) is 0 Å². The Morgan fingerprint density at radius 2 is 2.06 bits per heavy atom. The van der Waals surface area contributed by atoms with Crippen molar-refractivity contribution in [1.82, 2.24) is 4.90 Å². The molecule has 1 aliphatic carbocycles. The number of fused-ring (bicyclic) bond motifs is 1. The number of carbonyl (C=O) groups is 1. The summed E-state index contributed by atoms with van der Waals surface area (Å²) < 4.78 is 4.96. The molecule has 1 amide bonds. The summed E-state index contributed by atoms with van der Waals surface area (Å²) in [5, 5.41) is 0.210. The largest absolute Gasteiger partial charge is 0.452 e. The van der Waals surface area contributed by atoms with Crippen molar-refractivity contribution in [1.29, 1.82) is 0 Å². The first-order valence-electron chi connectivity index (χ1n) is 5.78. The van der Waals surface area contributed by atoms with Crippen molar-refractivity contribution in [3.05, 3.63) is 23.1 Å². The van der Waals surface area contributed by atoms with Gasteiger partial charge in [0.05, 0.1) is 11.8 Å². The van der Waals surface area contributed by atoms with Crippen LogP contribution in [0.15, 0.2) is 16.7 Å². The van der Waals surface area contributed by atoms with Crippen LogP contribution in [-0.4, -0.2) is 23.9 Å². The summed E-state index contributed by atoms with van der Waals surface area (Å²) in [6, 6.07) is 1.65. The topological polar surface area (TPSA) is 33.5 Å². The van der Waals surface area contributed by atoms with Gasteiger partial charge in [0.25, 0.3) is 5.91 Å². The Kier molecular flexibility index (Phi) is 2.43. The molecule has 3 nitrogen and oxygen atoms in total. The zero-order valence-electron chi connectivity index (χ0n) is 8.99. The van der Waals surface area contributed by atoms with E-state index in [4.69, 9.17) is 16.0 Å². The lowest BCUT2D eigenvalue weighted by Crippen LogP contribution is -2.29. The Morgan fingerprint density at radius 1 is 1.38 bits per heavy atom. The lowest BCUT2D eigenvalue weighted by molar-refractivity contribution is 0.0780. The van der Waals surface area contributed by atoms with E-state index in [2.05, 4.69) is 0 Å². The van der Waals surface area contributed by atoms with E-state index < -0.39 is 0 Å². The molecule has 1 aromatic heterocycles. The molecule has 86 valence electrons. The third-order valence-electron chi connectivity index (χ3n) is 3.86. The molecule has 2 heterocycles. The van der Waals surface area contributed by atoms with E-state index in [1.165, 1.54) is 25.5 Å². The van der Waals surface area contributed by atoms with Crippen molar-refractivity contribution in [2.45, 2.75) is 19.3 Å². The fourth-order valence-electron chi connectivity index (χ4n) is 3.02. The van der Waals surface area contributed by atoms with Crippen molar-refractivity contribution in [3.8, 4) is 0 Å². The van der Waals surface area contributed by atoms with Crippen LogP contribution in [0.5, 0.6) is 0 Å². The first-order valence-corrected chi connectivity index (χ1v) is 6.16. The van der Waals surface area contributed by atoms with Gasteiger partial charge in [-0.2, -0.15) is 0 Å². The van der Waals surface area contributed by atoms with Gasteiger partial charge < -0.3 is 9.32 Å². The first kappa shape index (κ1) is 10.2. The molecular weight excluding hydrogens is 226 g/mol. The number of furan rings is 1. The van der Waals surface area contributed by atoms with E-state index in [9.17, 15) is 4.79 Å². The van der Waals surface area contributed by atoms with Gasteiger partial charge in [-0.1, -0.05) is 6.42 Å². The molecule has 0 spiro atoms. The van der Waals surface area contributed by atoms with Crippen LogP contribution in [0.2, 0.25) is 5.22 Å². The summed E-state index contributed by atoms with van der Waals surface area (Å²) in [5.74, 6) is 1.46. The van der Waals surface area contributed by atoms with E-state index in [1.807, 2.05) is 4.90 Å². The van der Waals surface area contributed by atoms with Gasteiger partial charge in [-0.3, -0.25) is 4.79 Å². The summed E-state index contributed by atoms with van der Waals surface area (Å²) in [7, 11) is 0. The van der Waals surface area contributed by atoms with Crippen molar-refractivity contribution in [2.24, 2.45) is 11.8 Å². The predicted molar refractivity (Wildman–Crippen MR) is 60.5 cm³/mol. The van der Waals surface area contributed by atoms with Crippen LogP contribution < -0.4 is 0 Å². The summed E-state index contributed by atoms with van der Waals surface area (Å²) >= 11 is 5.82. The minimum Gasteiger partial charge on any atom is -0.452 e. The van der Waals surface area contributed by atoms with Crippen molar-refractivity contribution in [2.75, 3.05) is 13.1 Å². The Balaban J connectivity index is 1.75. The number of halogens is 1. The van der Waals surface area contributed by atoms with E-state index in [0.717, 1.165) is 24.9 Å². The zero-order valence-corrected chi connectivity index (χ0v) is 9.74. The first-order chi connectivity index (χ1) is 7.75. The molecule has 2 atom stereocenters. The molecule has 0 bridgehead atoms. The third-order valence-corrected chi connectivity index (χ3v) is 4.15. The van der Waals surface area contributed by atoms with Gasteiger partial charge in [-0.05, 0) is 42.3 Å². The molecule has 1 saturated carbocycles. The highest BCUT2D eigenvalue weighted by atomic mass is 35.5. The van der Waals surface area contributed by atoms with Crippen LogP contribution >= 0.6 is 11.6 Å². The lowest BCUT2D eigenvalue weighted by Gasteiger charge is -2.16. The monoisotopic (exact) mass is 239 g/mol. The number of amides is 1. The second-order valence-electron chi connectivity index (χ2n) is 4.77. The fraction of sp³-hybridized carbons (Fsp3) is 0.583. The van der Waals surface area contributed by atoms with Crippen LogP contribution in [0.1, 0.15) is 29.6 Å². The van der Waals surface area contributed by atoms with Crippen LogP contribution in [0, 0.1) is 11.8 Å². The molecule has 0 N–H and O–H groups in total. The lowest BCUT2D eigenvalue weighted by atomic mass is 10.0. The molecule has 2 aliphatic rings. The maximum Gasteiger partial charge on any atom is 0.258 e. The normalized spacial score (nSPS) is 28.4. The molecule has 1 aliphatic heterocycles. The molecule has 2 unspecified atom stereocenters. The average Bonchev–Trinajstić information content (AvgIpc) is 2.89. The van der Waals surface area contributed by atoms with Crippen molar-refractivity contribution >= 4 is 17.5 Å². The Labute approximate surface area is 99.4 Å². The Morgan fingerprint density at radius 3 is 2.62 bits per heavy atom. The summed E-state index contributed by atoms with van der Waals surface area (Å²) in [5.41, 5.74) is 0.502. The second-order valence-corrected chi connectivity index (χ2v) is 5.11. The summed E-state index contributed by atoms with van der Waals surface area (Å²) in [6.07, 6.45) is 5.33. The molecule has 0 radical (unpaired) electrons. The van der Waals surface area contributed by atoms with Gasteiger partial charge in [-0.25, -0.2) is 0 Å². The number of nitrogens with zero attached hydrogens (tertiary/aromatic N) is 1. The molecule has 4 heteroatoms. The summed E-state index contributed by atoms with van der Waals surface area (Å²) in [4.78, 5) is 14.1. The highest BCUT2D eigenvalue weighted by molar-refractivity contribution is 6.32. The average molecular weight is 240 g/mol. The quantitative estimate of drug-likeness (QED) is 0.755. The molecule has 3 rings (SSSR count). The molecule has 1 saturated heterocycles. The predicted octanol–water partition coefficient (Wildman–Crippen LogP) is 2.81. The molecule has 0 aromatic carbocycles. The van der Waals surface area contributed by atoms with Crippen LogP contribution in [0.25, 0.3) is 0 Å². The van der Waals surface area contributed by atoms with Gasteiger partial charge in [0, 0.05) is 13.1 Å². The highest BCUT2D eigenvalue weighted by Gasteiger charge is 2.38. The molecule has 1 aromatic rings. The minimum absolute atomic E-state index is 0.0214. The van der Waals surface area contributed by atoms with Gasteiger partial charge in [-0.15, -0.1) is 0 Å². The number of rotatable bonds is 1. The second kappa shape index (κ2) is 3.81. The molecular formula is C12H14ClNO2. The van der Waals surface area contributed by atoms with Crippen LogP contribution in [0.3, 0.4) is 0 Å². The van der Waals surface area contributed by atoms with Gasteiger partial charge in [0.15, 0.2) is 0 Å². The number of carbonyl (C=O) groups excluding carboxylic acids is 1. The maximum absolute atomic E-state index is 12.1. The SMILES string of the molecule is O=C(c1ccoc1Cl)N1CC2CCCC2C1. The molecule has 16 heavy (non-hydrogen) atoms. The van der Waals surface area contributed by atoms with E-state index in [1.54, 1.807) is 6.07 Å². The van der Waals surface area contributed by atoms with E-state index in [-0.39, 0.29) is 11.1 Å². The smallest absolute Gasteiger partial charge is 0.258 e. The highest BCUT2D eigenvalue weighted by Crippen LogP contribution is 2.38. The fourth-order valence-corrected chi connectivity index (χ4v) is 3.21. The number of hydrogen-bond acceptors (Lipinski definition) is 2. The number of likely N-dealkylation sites (tertiary alicyclic amines) is 1. The maximum atomic E-state index is 12.1. The van der Waals surface area contributed by atoms with E-state index in [0.29, 0.717) is 5.56 Å². The van der Waals surface area contributed by atoms with Gasteiger partial charge in [0.2, 0.25) is 5.22 Å². The third kappa shape index (κ3) is 1.54. The van der Waals surface area contributed by atoms with Crippen molar-refractivity contribution in [3.63, 3.8) is 0 Å². The standard InChI is InChI=1S/C12H14ClNO2/c13-11-10(4-5-16-11)12(15)14-6-8-2-1-3-9(8)7-14/h4-5,8-9H,1-3,6-7H2. The van der Waals surface area contributed by atoms with Gasteiger partial charge >= 0.3 is 0 Å². The zero-order chi connectivity index (χ0) is 11.1. The van der Waals surface area contributed by atoms with Crippen molar-refractivity contribution < 1.29 is 9.21 Å². The Hall–Kier alpha value is -0.960. The molecule has 2 fully saturated rings. The Bertz CT molecular complexity index is 403. The summed E-state index contributed by atoms with van der Waals surface area (Å²) in [6.45, 7) is 1.79. The minimum atomic E-state index is 0.0214.